The third kappa shape index (κ3) is 7.23. The lowest BCUT2D eigenvalue weighted by Gasteiger charge is -2.36. The Morgan fingerprint density at radius 1 is 0.791 bits per heavy atom. The Kier molecular flexibility index (Phi) is 11.3. The Morgan fingerprint density at radius 2 is 1.47 bits per heavy atom. The molecule has 12 nitrogen and oxygen atoms in total. The number of methoxy groups -OCH3 is 5. The van der Waals surface area contributed by atoms with Crippen LogP contribution in [0.25, 0.3) is 0 Å². The third-order valence-corrected chi connectivity index (χ3v) is 6.51. The van der Waals surface area contributed by atoms with Crippen molar-refractivity contribution in [2.75, 3.05) is 62.3 Å². The molecule has 0 saturated heterocycles. The normalized spacial score (nSPS) is 15.5. The number of hydrogen-bond donors (Lipinski definition) is 1. The number of aliphatic hydroxyl groups excluding tert-OH is 1. The monoisotopic (exact) mass is 600 g/mol. The van der Waals surface area contributed by atoms with E-state index in [4.69, 9.17) is 47.4 Å². The number of fused-ring (bicyclic) bond motifs is 1. The summed E-state index contributed by atoms with van der Waals surface area (Å²) in [6, 6.07) is 14.4. The molecule has 12 heteroatoms. The van der Waals surface area contributed by atoms with Gasteiger partial charge in [-0.15, -0.1) is 0 Å². The Morgan fingerprint density at radius 3 is 2.07 bits per heavy atom. The number of rotatable bonds is 16. The molecule has 0 unspecified atom stereocenters. The third-order valence-electron chi connectivity index (χ3n) is 6.51. The van der Waals surface area contributed by atoms with Gasteiger partial charge in [-0.25, -0.2) is 0 Å². The fourth-order valence-electron chi connectivity index (χ4n) is 4.53. The van der Waals surface area contributed by atoms with Crippen LogP contribution >= 0.6 is 0 Å². The summed E-state index contributed by atoms with van der Waals surface area (Å²) < 4.78 is 57.5. The van der Waals surface area contributed by atoms with E-state index < -0.39 is 24.6 Å². The summed E-state index contributed by atoms with van der Waals surface area (Å²) in [5.41, 5.74) is 1.55. The average Bonchev–Trinajstić information content (AvgIpc) is 3.05. The molecule has 0 aliphatic carbocycles. The van der Waals surface area contributed by atoms with Crippen molar-refractivity contribution < 1.29 is 57.3 Å². The molecule has 1 aliphatic heterocycles. The predicted molar refractivity (Wildman–Crippen MR) is 153 cm³/mol. The molecule has 0 spiro atoms. The first kappa shape index (κ1) is 31.7. The van der Waals surface area contributed by atoms with Crippen LogP contribution in [0.4, 0.5) is 0 Å². The second-order valence-electron chi connectivity index (χ2n) is 9.25. The summed E-state index contributed by atoms with van der Waals surface area (Å²) in [6.45, 7) is -0.610. The highest BCUT2D eigenvalue weighted by atomic mass is 16.7. The van der Waals surface area contributed by atoms with Gasteiger partial charge < -0.3 is 52.5 Å². The van der Waals surface area contributed by atoms with Gasteiger partial charge in [0, 0.05) is 19.8 Å². The van der Waals surface area contributed by atoms with E-state index in [0.29, 0.717) is 22.8 Å². The maximum absolute atomic E-state index is 12.9. The molecule has 1 aliphatic rings. The molecule has 1 N–H and O–H groups in total. The summed E-state index contributed by atoms with van der Waals surface area (Å²) in [5.74, 6) is 1.16. The van der Waals surface area contributed by atoms with Gasteiger partial charge in [-0.05, 0) is 23.8 Å². The lowest BCUT2D eigenvalue weighted by Crippen LogP contribution is -2.37. The number of ketones is 1. The highest BCUT2D eigenvalue weighted by molar-refractivity contribution is 6.01. The molecule has 1 heterocycles. The highest BCUT2D eigenvalue weighted by Crippen LogP contribution is 2.53. The topological polar surface area (TPSA) is 130 Å². The van der Waals surface area contributed by atoms with Gasteiger partial charge in [-0.1, -0.05) is 30.3 Å². The Labute approximate surface area is 249 Å². The van der Waals surface area contributed by atoms with E-state index >= 15 is 0 Å². The summed E-state index contributed by atoms with van der Waals surface area (Å²) in [6.07, 6.45) is -1.55. The highest BCUT2D eigenvalue weighted by Gasteiger charge is 2.40. The maximum atomic E-state index is 12.9. The first-order valence-corrected chi connectivity index (χ1v) is 13.3. The predicted octanol–water partition coefficient (Wildman–Crippen LogP) is 3.95. The number of ether oxygens (including phenoxy) is 10. The van der Waals surface area contributed by atoms with Crippen molar-refractivity contribution in [1.82, 2.24) is 0 Å². The lowest BCUT2D eigenvalue weighted by molar-refractivity contribution is -0.0880. The smallest absolute Gasteiger partial charge is 0.208 e. The van der Waals surface area contributed by atoms with E-state index in [9.17, 15) is 9.90 Å². The first-order chi connectivity index (χ1) is 21.0. The number of aliphatic hydroxyl groups is 1. The lowest BCUT2D eigenvalue weighted by atomic mass is 10.0. The fraction of sp³-hybridized carbons (Fsp3) is 0.387. The molecule has 0 radical (unpaired) electrons. The zero-order chi connectivity index (χ0) is 30.8. The van der Waals surface area contributed by atoms with Gasteiger partial charge in [0.2, 0.25) is 17.2 Å². The molecule has 43 heavy (non-hydrogen) atoms. The van der Waals surface area contributed by atoms with Gasteiger partial charge in [0.1, 0.15) is 20.0 Å². The van der Waals surface area contributed by atoms with Crippen molar-refractivity contribution in [2.45, 2.75) is 18.8 Å². The molecule has 4 rings (SSSR count). The number of Topliss-reactive ketones (excluding diaryl/α,β-unsaturated/α-hetero) is 1. The van der Waals surface area contributed by atoms with Crippen LogP contribution in [0.1, 0.15) is 27.6 Å². The van der Waals surface area contributed by atoms with E-state index in [2.05, 4.69) is 0 Å². The van der Waals surface area contributed by atoms with Gasteiger partial charge in [-0.3, -0.25) is 4.79 Å². The fourth-order valence-corrected chi connectivity index (χ4v) is 4.53. The van der Waals surface area contributed by atoms with Crippen LogP contribution in [-0.4, -0.2) is 79.3 Å². The summed E-state index contributed by atoms with van der Waals surface area (Å²) >= 11 is 0. The average molecular weight is 601 g/mol. The van der Waals surface area contributed by atoms with Gasteiger partial charge >= 0.3 is 0 Å². The number of hydrogen-bond acceptors (Lipinski definition) is 12. The van der Waals surface area contributed by atoms with Crippen molar-refractivity contribution in [3.63, 3.8) is 0 Å². The van der Waals surface area contributed by atoms with E-state index in [-0.39, 0.29) is 55.4 Å². The van der Waals surface area contributed by atoms with Crippen LogP contribution in [0.2, 0.25) is 0 Å². The molecule has 2 atom stereocenters. The van der Waals surface area contributed by atoms with Crippen LogP contribution in [0.5, 0.6) is 40.2 Å². The van der Waals surface area contributed by atoms with Crippen LogP contribution in [-0.2, 0) is 20.8 Å². The molecule has 0 aromatic heterocycles. The minimum atomic E-state index is -0.779. The van der Waals surface area contributed by atoms with Crippen LogP contribution < -0.4 is 33.2 Å². The van der Waals surface area contributed by atoms with Crippen molar-refractivity contribution in [3.05, 3.63) is 65.2 Å². The van der Waals surface area contributed by atoms with Crippen molar-refractivity contribution in [2.24, 2.45) is 0 Å². The summed E-state index contributed by atoms with van der Waals surface area (Å²) in [5, 5.41) is 9.73. The van der Waals surface area contributed by atoms with Crippen molar-refractivity contribution in [3.8, 4) is 40.2 Å². The molecule has 3 aromatic carbocycles. The maximum Gasteiger partial charge on any atom is 0.208 e. The minimum absolute atomic E-state index is 0.000398. The molecule has 0 amide bonds. The SMILES string of the molecule is COCOC[C@@H]1Oc2c(c(OC)cc(C(=O)CO)c2OCc2ccccc2)O[C@H]1c1cc(OC)c(OCOC)c(OC)c1. The van der Waals surface area contributed by atoms with Crippen LogP contribution in [0.15, 0.2) is 48.5 Å². The molecule has 232 valence electrons. The zero-order valence-electron chi connectivity index (χ0n) is 24.7. The molecular formula is C31H36O12. The Bertz CT molecular complexity index is 1340. The second kappa shape index (κ2) is 15.3. The number of carbonyl (C=O) groups excluding carboxylic acids is 1. The molecule has 0 saturated carbocycles. The first-order valence-electron chi connectivity index (χ1n) is 13.3. The number of benzene rings is 3. The van der Waals surface area contributed by atoms with E-state index in [1.807, 2.05) is 30.3 Å². The molecular weight excluding hydrogens is 564 g/mol. The van der Waals surface area contributed by atoms with E-state index in [1.54, 1.807) is 12.1 Å². The largest absolute Gasteiger partial charge is 0.493 e. The molecule has 0 bridgehead atoms. The quantitative estimate of drug-likeness (QED) is 0.145. The minimum Gasteiger partial charge on any atom is -0.493 e. The van der Waals surface area contributed by atoms with E-state index in [1.165, 1.54) is 41.6 Å². The Hall–Kier alpha value is -4.23. The van der Waals surface area contributed by atoms with Crippen LogP contribution in [0, 0.1) is 0 Å². The van der Waals surface area contributed by atoms with Gasteiger partial charge in [0.15, 0.2) is 47.8 Å². The standard InChI is InChI=1S/C31H36O12/c1-34-17-39-16-26-27(20-11-23(36-3)29(41-18-35-2)24(12-20)37-4)43-30-25(38-5)13-21(22(33)14-32)28(31(30)42-26)40-15-19-9-7-6-8-10-19/h6-13,26-27,32H,14-18H2,1-5H3/t26-,27-/m0/s1. The number of carbonyl (C=O) groups is 1. The zero-order valence-corrected chi connectivity index (χ0v) is 24.7. The summed E-state index contributed by atoms with van der Waals surface area (Å²) in [7, 11) is 7.46. The van der Waals surface area contributed by atoms with E-state index in [0.717, 1.165) is 5.56 Å². The second-order valence-corrected chi connectivity index (χ2v) is 9.25. The van der Waals surface area contributed by atoms with Crippen LogP contribution in [0.3, 0.4) is 0 Å². The Balaban J connectivity index is 1.83. The van der Waals surface area contributed by atoms with Crippen molar-refractivity contribution in [1.29, 1.82) is 0 Å². The molecule has 0 fully saturated rings. The molecule has 3 aromatic rings. The summed E-state index contributed by atoms with van der Waals surface area (Å²) in [4.78, 5) is 12.9. The van der Waals surface area contributed by atoms with Gasteiger partial charge in [-0.2, -0.15) is 0 Å². The van der Waals surface area contributed by atoms with Gasteiger partial charge in [0.25, 0.3) is 0 Å². The van der Waals surface area contributed by atoms with Crippen molar-refractivity contribution >= 4 is 5.78 Å². The van der Waals surface area contributed by atoms with Gasteiger partial charge in [0.05, 0.1) is 33.5 Å².